The molecule has 2 amide bonds. The molecule has 0 bridgehead atoms. The number of amides is 2. The third kappa shape index (κ3) is 3.96. The Bertz CT molecular complexity index is 1450. The molecule has 0 saturated heterocycles. The number of benzene rings is 2. The molecule has 34 heavy (non-hydrogen) atoms. The number of anilines is 1. The van der Waals surface area contributed by atoms with Crippen LogP contribution < -0.4 is 10.7 Å². The maximum Gasteiger partial charge on any atom is 0.291 e. The first-order chi connectivity index (χ1) is 16.5. The molecule has 0 aliphatic heterocycles. The van der Waals surface area contributed by atoms with Gasteiger partial charge in [-0.1, -0.05) is 36.4 Å². The van der Waals surface area contributed by atoms with E-state index in [0.29, 0.717) is 40.9 Å². The Labute approximate surface area is 196 Å². The highest BCUT2D eigenvalue weighted by atomic mass is 16.4. The summed E-state index contributed by atoms with van der Waals surface area (Å²) in [6, 6.07) is 16.8. The molecule has 0 radical (unpaired) electrons. The first-order valence-electron chi connectivity index (χ1n) is 11.2. The van der Waals surface area contributed by atoms with E-state index in [1.807, 2.05) is 62.4 Å². The van der Waals surface area contributed by atoms with Crippen molar-refractivity contribution in [1.29, 1.82) is 0 Å². The molecule has 7 nitrogen and oxygen atoms in total. The monoisotopic (exact) mass is 452 g/mol. The van der Waals surface area contributed by atoms with Gasteiger partial charge in [0.15, 0.2) is 5.76 Å². The number of rotatable bonds is 4. The third-order valence-electron chi connectivity index (χ3n) is 6.09. The van der Waals surface area contributed by atoms with Crippen LogP contribution in [0.1, 0.15) is 56.2 Å². The fourth-order valence-electron chi connectivity index (χ4n) is 4.39. The molecule has 1 aliphatic carbocycles. The van der Waals surface area contributed by atoms with Crippen molar-refractivity contribution in [3.05, 3.63) is 94.6 Å². The average Bonchev–Trinajstić information content (AvgIpc) is 3.20. The fourth-order valence-corrected chi connectivity index (χ4v) is 4.39. The Morgan fingerprint density at radius 3 is 2.65 bits per heavy atom. The molecule has 0 saturated carbocycles. The summed E-state index contributed by atoms with van der Waals surface area (Å²) < 4.78 is 6.00. The molecule has 2 aromatic carbocycles. The minimum Gasteiger partial charge on any atom is -0.455 e. The fraction of sp³-hybridized carbons (Fsp3) is 0.185. The van der Waals surface area contributed by atoms with Gasteiger partial charge in [-0.05, 0) is 50.5 Å². The highest BCUT2D eigenvalue weighted by Crippen LogP contribution is 2.31. The molecule has 4 aromatic rings. The van der Waals surface area contributed by atoms with Gasteiger partial charge in [-0.25, -0.2) is 5.43 Å². The van der Waals surface area contributed by atoms with E-state index in [1.54, 1.807) is 12.3 Å². The zero-order valence-electron chi connectivity index (χ0n) is 19.0. The number of fused-ring (bicyclic) bond motifs is 2. The standard InChI is InChI=1S/C27H24N4O3/c1-16-8-3-4-11-19(16)26(32)31-30-20-12-6-14-22-23(20)17(2)25(34-22)27(33)29-21-13-5-9-18-10-7-15-28-24(18)21/h3-5,7-11,13,15H,6,12,14H2,1-2H3,(H,29,33)(H,31,32)/b30-20+. The van der Waals surface area contributed by atoms with Crippen molar-refractivity contribution in [2.45, 2.75) is 33.1 Å². The maximum atomic E-state index is 13.1. The van der Waals surface area contributed by atoms with Gasteiger partial charge < -0.3 is 9.73 Å². The van der Waals surface area contributed by atoms with Crippen LogP contribution in [-0.2, 0) is 6.42 Å². The summed E-state index contributed by atoms with van der Waals surface area (Å²) in [5, 5.41) is 8.29. The quantitative estimate of drug-likeness (QED) is 0.418. The second-order valence-electron chi connectivity index (χ2n) is 8.36. The summed E-state index contributed by atoms with van der Waals surface area (Å²) in [6.07, 6.45) is 3.93. The number of furan rings is 1. The lowest BCUT2D eigenvalue weighted by atomic mass is 9.93. The van der Waals surface area contributed by atoms with E-state index in [0.717, 1.165) is 28.6 Å². The van der Waals surface area contributed by atoms with Crippen LogP contribution in [0.4, 0.5) is 5.69 Å². The van der Waals surface area contributed by atoms with Gasteiger partial charge in [0.2, 0.25) is 0 Å². The van der Waals surface area contributed by atoms with Gasteiger partial charge >= 0.3 is 0 Å². The van der Waals surface area contributed by atoms with Crippen molar-refractivity contribution >= 4 is 34.1 Å². The SMILES string of the molecule is Cc1ccccc1C(=O)N/N=C1\CCCc2oc(C(=O)Nc3cccc4cccnc34)c(C)c21. The molecule has 0 spiro atoms. The molecule has 1 aliphatic rings. The Hall–Kier alpha value is -4.26. The van der Waals surface area contributed by atoms with Crippen LogP contribution in [0.2, 0.25) is 0 Å². The van der Waals surface area contributed by atoms with Gasteiger partial charge in [0, 0.05) is 34.7 Å². The Morgan fingerprint density at radius 1 is 0.971 bits per heavy atom. The van der Waals surface area contributed by atoms with Crippen molar-refractivity contribution in [2.75, 3.05) is 5.32 Å². The normalized spacial score (nSPS) is 14.1. The summed E-state index contributed by atoms with van der Waals surface area (Å²) in [5.41, 5.74) is 7.71. The van der Waals surface area contributed by atoms with E-state index in [1.165, 1.54) is 0 Å². The molecule has 2 N–H and O–H groups in total. The number of carbonyl (C=O) groups is 2. The van der Waals surface area contributed by atoms with E-state index in [2.05, 4.69) is 20.8 Å². The van der Waals surface area contributed by atoms with Crippen molar-refractivity contribution < 1.29 is 14.0 Å². The molecule has 7 heteroatoms. The molecule has 0 atom stereocenters. The smallest absolute Gasteiger partial charge is 0.291 e. The zero-order valence-corrected chi connectivity index (χ0v) is 19.0. The lowest BCUT2D eigenvalue weighted by molar-refractivity contribution is 0.0953. The van der Waals surface area contributed by atoms with E-state index in [-0.39, 0.29) is 17.6 Å². The van der Waals surface area contributed by atoms with Crippen LogP contribution in [-0.4, -0.2) is 22.5 Å². The van der Waals surface area contributed by atoms with Crippen molar-refractivity contribution in [1.82, 2.24) is 10.4 Å². The van der Waals surface area contributed by atoms with E-state index in [4.69, 9.17) is 4.42 Å². The molecular formula is C27H24N4O3. The number of nitrogens with zero attached hydrogens (tertiary/aromatic N) is 2. The Balaban J connectivity index is 1.42. The van der Waals surface area contributed by atoms with E-state index < -0.39 is 0 Å². The van der Waals surface area contributed by atoms with Crippen molar-refractivity contribution in [3.8, 4) is 0 Å². The van der Waals surface area contributed by atoms with Gasteiger partial charge in [-0.2, -0.15) is 5.10 Å². The predicted molar refractivity (Wildman–Crippen MR) is 131 cm³/mol. The molecule has 2 heterocycles. The first-order valence-corrected chi connectivity index (χ1v) is 11.2. The minimum absolute atomic E-state index is 0.248. The number of para-hydroxylation sites is 1. The lowest BCUT2D eigenvalue weighted by Gasteiger charge is -2.13. The van der Waals surface area contributed by atoms with Crippen molar-refractivity contribution in [3.63, 3.8) is 0 Å². The Morgan fingerprint density at radius 2 is 1.79 bits per heavy atom. The summed E-state index contributed by atoms with van der Waals surface area (Å²) in [6.45, 7) is 3.74. The van der Waals surface area contributed by atoms with Crippen LogP contribution in [0.5, 0.6) is 0 Å². The van der Waals surface area contributed by atoms with Crippen LogP contribution in [0.15, 0.2) is 70.3 Å². The summed E-state index contributed by atoms with van der Waals surface area (Å²) in [7, 11) is 0. The van der Waals surface area contributed by atoms with Gasteiger partial charge in [-0.3, -0.25) is 14.6 Å². The number of carbonyl (C=O) groups excluding carboxylic acids is 2. The highest BCUT2D eigenvalue weighted by Gasteiger charge is 2.28. The number of aromatic nitrogens is 1. The molecule has 0 fully saturated rings. The number of aryl methyl sites for hydroxylation is 2. The van der Waals surface area contributed by atoms with Crippen LogP contribution in [0.3, 0.4) is 0 Å². The first kappa shape index (κ1) is 21.6. The summed E-state index contributed by atoms with van der Waals surface area (Å²) in [4.78, 5) is 30.2. The lowest BCUT2D eigenvalue weighted by Crippen LogP contribution is -2.22. The largest absolute Gasteiger partial charge is 0.455 e. The highest BCUT2D eigenvalue weighted by molar-refractivity contribution is 6.11. The molecule has 170 valence electrons. The number of hydrazone groups is 1. The second-order valence-corrected chi connectivity index (χ2v) is 8.36. The van der Waals surface area contributed by atoms with E-state index >= 15 is 0 Å². The molecule has 5 rings (SSSR count). The number of pyridine rings is 1. The topological polar surface area (TPSA) is 96.6 Å². The third-order valence-corrected chi connectivity index (χ3v) is 6.09. The van der Waals surface area contributed by atoms with Gasteiger partial charge in [-0.15, -0.1) is 0 Å². The molecular weight excluding hydrogens is 428 g/mol. The van der Waals surface area contributed by atoms with Gasteiger partial charge in [0.25, 0.3) is 11.8 Å². The average molecular weight is 453 g/mol. The number of hydrogen-bond acceptors (Lipinski definition) is 5. The molecule has 2 aromatic heterocycles. The predicted octanol–water partition coefficient (Wildman–Crippen LogP) is 5.17. The van der Waals surface area contributed by atoms with Gasteiger partial charge in [0.05, 0.1) is 16.9 Å². The molecule has 0 unspecified atom stereocenters. The summed E-state index contributed by atoms with van der Waals surface area (Å²) in [5.74, 6) is 0.361. The van der Waals surface area contributed by atoms with Crippen LogP contribution in [0.25, 0.3) is 10.9 Å². The Kier molecular flexibility index (Phi) is 5.67. The summed E-state index contributed by atoms with van der Waals surface area (Å²) >= 11 is 0. The maximum absolute atomic E-state index is 13.1. The zero-order chi connectivity index (χ0) is 23.7. The number of nitrogens with one attached hydrogen (secondary N) is 2. The van der Waals surface area contributed by atoms with Crippen LogP contribution in [0, 0.1) is 13.8 Å². The van der Waals surface area contributed by atoms with Crippen molar-refractivity contribution in [2.24, 2.45) is 5.10 Å². The van der Waals surface area contributed by atoms with Gasteiger partial charge in [0.1, 0.15) is 5.76 Å². The number of hydrogen-bond donors (Lipinski definition) is 2. The second kappa shape index (κ2) is 8.94. The van der Waals surface area contributed by atoms with Crippen LogP contribution >= 0.6 is 0 Å². The minimum atomic E-state index is -0.339. The van der Waals surface area contributed by atoms with E-state index in [9.17, 15) is 9.59 Å².